The van der Waals surface area contributed by atoms with Gasteiger partial charge in [0, 0.05) is 41.1 Å². The van der Waals surface area contributed by atoms with Gasteiger partial charge in [-0.05, 0) is 55.0 Å². The Morgan fingerprint density at radius 3 is 2.50 bits per heavy atom. The molecule has 0 radical (unpaired) electrons. The quantitative estimate of drug-likeness (QED) is 0.433. The topological polar surface area (TPSA) is 34.0 Å². The zero-order chi connectivity index (χ0) is 20.8. The lowest BCUT2D eigenvalue weighted by Gasteiger charge is -2.16. The van der Waals surface area contributed by atoms with Gasteiger partial charge in [-0.2, -0.15) is 0 Å². The Balaban J connectivity index is 1.38. The Bertz CT molecular complexity index is 968. The first-order chi connectivity index (χ1) is 14.7. The largest absolute Gasteiger partial charge is 0.353 e. The van der Waals surface area contributed by atoms with Crippen LogP contribution < -0.4 is 5.32 Å². The zero-order valence-electron chi connectivity index (χ0n) is 17.6. The highest BCUT2D eigenvalue weighted by Crippen LogP contribution is 2.24. The third-order valence-corrected chi connectivity index (χ3v) is 6.46. The van der Waals surface area contributed by atoms with E-state index in [2.05, 4.69) is 52.5 Å². The molecule has 1 heterocycles. The monoisotopic (exact) mass is 422 g/mol. The predicted octanol–water partition coefficient (Wildman–Crippen LogP) is 6.50. The molecule has 1 aliphatic rings. The summed E-state index contributed by atoms with van der Waals surface area (Å²) in [5.74, 6) is 0.215. The molecule has 1 aromatic heterocycles. The summed E-state index contributed by atoms with van der Waals surface area (Å²) in [7, 11) is 0. The molecule has 0 saturated heterocycles. The molecular weight excluding hydrogens is 392 g/mol. The summed E-state index contributed by atoms with van der Waals surface area (Å²) in [5.41, 5.74) is 3.79. The van der Waals surface area contributed by atoms with E-state index >= 15 is 0 Å². The van der Waals surface area contributed by atoms with E-state index in [0.29, 0.717) is 12.5 Å². The predicted molar refractivity (Wildman–Crippen MR) is 125 cm³/mol. The number of nitrogens with one attached hydrogen (secondary N) is 1. The highest BCUT2D eigenvalue weighted by atomic mass is 35.5. The molecule has 1 saturated carbocycles. The van der Waals surface area contributed by atoms with Gasteiger partial charge in [0.05, 0.1) is 0 Å². The standard InChI is InChI=1S/C26H31ClN2O/c27-22-16-14-20(15-17-22)18-29-19-21(24-11-5-6-12-25(24)29)8-7-13-26(30)28-23-9-3-1-2-4-10-23/h5-6,11-12,14-17,19,23H,1-4,7-10,13,18H2,(H,28,30). The van der Waals surface area contributed by atoms with Gasteiger partial charge in [0.1, 0.15) is 0 Å². The average molecular weight is 423 g/mol. The van der Waals surface area contributed by atoms with Crippen LogP contribution in [0.25, 0.3) is 10.9 Å². The molecule has 1 aliphatic carbocycles. The van der Waals surface area contributed by atoms with Crippen LogP contribution in [0.5, 0.6) is 0 Å². The van der Waals surface area contributed by atoms with E-state index in [9.17, 15) is 4.79 Å². The van der Waals surface area contributed by atoms with Crippen LogP contribution >= 0.6 is 11.6 Å². The van der Waals surface area contributed by atoms with Gasteiger partial charge in [-0.1, -0.05) is 67.6 Å². The minimum Gasteiger partial charge on any atom is -0.353 e. The maximum atomic E-state index is 12.4. The molecule has 158 valence electrons. The molecule has 0 bridgehead atoms. The van der Waals surface area contributed by atoms with Gasteiger partial charge in [-0.25, -0.2) is 0 Å². The van der Waals surface area contributed by atoms with E-state index in [0.717, 1.165) is 37.3 Å². The molecule has 1 amide bonds. The van der Waals surface area contributed by atoms with Crippen LogP contribution in [0.1, 0.15) is 62.5 Å². The van der Waals surface area contributed by atoms with Crippen molar-refractivity contribution in [3.05, 3.63) is 70.9 Å². The van der Waals surface area contributed by atoms with E-state index in [1.165, 1.54) is 47.7 Å². The molecule has 2 aromatic carbocycles. The Labute approximate surface area is 184 Å². The minimum absolute atomic E-state index is 0.215. The van der Waals surface area contributed by atoms with Crippen molar-refractivity contribution >= 4 is 28.4 Å². The molecule has 0 aliphatic heterocycles. The number of hydrogen-bond donors (Lipinski definition) is 1. The highest BCUT2D eigenvalue weighted by Gasteiger charge is 2.15. The number of rotatable bonds is 7. The summed E-state index contributed by atoms with van der Waals surface area (Å²) in [6.07, 6.45) is 12.1. The van der Waals surface area contributed by atoms with E-state index in [4.69, 9.17) is 11.6 Å². The Morgan fingerprint density at radius 1 is 1.00 bits per heavy atom. The first-order valence-corrected chi connectivity index (χ1v) is 11.7. The van der Waals surface area contributed by atoms with Crippen molar-refractivity contribution in [3.63, 3.8) is 0 Å². The normalized spacial score (nSPS) is 15.2. The highest BCUT2D eigenvalue weighted by molar-refractivity contribution is 6.30. The molecule has 1 N–H and O–H groups in total. The van der Waals surface area contributed by atoms with Crippen molar-refractivity contribution in [1.29, 1.82) is 0 Å². The van der Waals surface area contributed by atoms with Gasteiger partial charge in [0.2, 0.25) is 5.91 Å². The van der Waals surface area contributed by atoms with Gasteiger partial charge in [-0.3, -0.25) is 4.79 Å². The second kappa shape index (κ2) is 10.2. The molecule has 30 heavy (non-hydrogen) atoms. The fourth-order valence-corrected chi connectivity index (χ4v) is 4.73. The first-order valence-electron chi connectivity index (χ1n) is 11.3. The number of benzene rings is 2. The third kappa shape index (κ3) is 5.46. The number of carbonyl (C=O) groups is 1. The molecule has 0 atom stereocenters. The number of aromatic nitrogens is 1. The molecule has 0 unspecified atom stereocenters. The summed E-state index contributed by atoms with van der Waals surface area (Å²) >= 11 is 6.03. The van der Waals surface area contributed by atoms with Crippen LogP contribution in [-0.4, -0.2) is 16.5 Å². The van der Waals surface area contributed by atoms with Crippen molar-refractivity contribution in [2.75, 3.05) is 0 Å². The minimum atomic E-state index is 0.215. The van der Waals surface area contributed by atoms with E-state index < -0.39 is 0 Å². The fourth-order valence-electron chi connectivity index (χ4n) is 4.60. The molecule has 4 heteroatoms. The van der Waals surface area contributed by atoms with Gasteiger partial charge in [0.15, 0.2) is 0 Å². The zero-order valence-corrected chi connectivity index (χ0v) is 18.3. The number of carbonyl (C=O) groups excluding carboxylic acids is 1. The second-order valence-corrected chi connectivity index (χ2v) is 8.97. The van der Waals surface area contributed by atoms with E-state index in [1.54, 1.807) is 0 Å². The summed E-state index contributed by atoms with van der Waals surface area (Å²) in [4.78, 5) is 12.4. The Morgan fingerprint density at radius 2 is 1.73 bits per heavy atom. The summed E-state index contributed by atoms with van der Waals surface area (Å²) < 4.78 is 2.31. The van der Waals surface area contributed by atoms with Crippen molar-refractivity contribution in [2.24, 2.45) is 0 Å². The van der Waals surface area contributed by atoms with Crippen LogP contribution in [0.2, 0.25) is 5.02 Å². The maximum absolute atomic E-state index is 12.4. The average Bonchev–Trinajstić information content (AvgIpc) is 2.90. The van der Waals surface area contributed by atoms with Crippen LogP contribution in [-0.2, 0) is 17.8 Å². The van der Waals surface area contributed by atoms with Crippen molar-refractivity contribution in [2.45, 2.75) is 70.4 Å². The third-order valence-electron chi connectivity index (χ3n) is 6.21. The van der Waals surface area contributed by atoms with Crippen LogP contribution in [0.15, 0.2) is 54.7 Å². The van der Waals surface area contributed by atoms with E-state index in [-0.39, 0.29) is 5.91 Å². The van der Waals surface area contributed by atoms with Gasteiger partial charge < -0.3 is 9.88 Å². The fraction of sp³-hybridized carbons (Fsp3) is 0.423. The number of nitrogens with zero attached hydrogens (tertiary/aromatic N) is 1. The Kier molecular flexibility index (Phi) is 7.11. The van der Waals surface area contributed by atoms with Crippen molar-refractivity contribution < 1.29 is 4.79 Å². The lowest BCUT2D eigenvalue weighted by molar-refractivity contribution is -0.121. The first kappa shape index (κ1) is 21.0. The van der Waals surface area contributed by atoms with Gasteiger partial charge in [0.25, 0.3) is 0 Å². The second-order valence-electron chi connectivity index (χ2n) is 8.54. The van der Waals surface area contributed by atoms with E-state index in [1.807, 2.05) is 12.1 Å². The number of hydrogen-bond acceptors (Lipinski definition) is 1. The number of para-hydroxylation sites is 1. The molecular formula is C26H31ClN2O. The van der Waals surface area contributed by atoms with Crippen LogP contribution in [0, 0.1) is 0 Å². The molecule has 3 nitrogen and oxygen atoms in total. The molecule has 1 fully saturated rings. The Hall–Kier alpha value is -2.26. The maximum Gasteiger partial charge on any atom is 0.220 e. The smallest absolute Gasteiger partial charge is 0.220 e. The van der Waals surface area contributed by atoms with Crippen LogP contribution in [0.4, 0.5) is 0 Å². The number of fused-ring (bicyclic) bond motifs is 1. The lowest BCUT2D eigenvalue weighted by atomic mass is 10.1. The van der Waals surface area contributed by atoms with Gasteiger partial charge in [-0.15, -0.1) is 0 Å². The lowest BCUT2D eigenvalue weighted by Crippen LogP contribution is -2.34. The number of halogens is 1. The number of aryl methyl sites for hydroxylation is 1. The van der Waals surface area contributed by atoms with Crippen molar-refractivity contribution in [1.82, 2.24) is 9.88 Å². The summed E-state index contributed by atoms with van der Waals surface area (Å²) in [5, 5.41) is 5.32. The number of amides is 1. The SMILES string of the molecule is O=C(CCCc1cn(Cc2ccc(Cl)cc2)c2ccccc12)NC1CCCCCC1. The summed E-state index contributed by atoms with van der Waals surface area (Å²) in [6.45, 7) is 0.819. The molecule has 0 spiro atoms. The van der Waals surface area contributed by atoms with Gasteiger partial charge >= 0.3 is 0 Å². The van der Waals surface area contributed by atoms with Crippen LogP contribution in [0.3, 0.4) is 0 Å². The summed E-state index contributed by atoms with van der Waals surface area (Å²) in [6, 6.07) is 17.0. The van der Waals surface area contributed by atoms with Crippen molar-refractivity contribution in [3.8, 4) is 0 Å². The molecule has 3 aromatic rings. The molecule has 4 rings (SSSR count).